The highest BCUT2D eigenvalue weighted by atomic mass is 32.2. The van der Waals surface area contributed by atoms with Gasteiger partial charge in [-0.15, -0.1) is 0 Å². The van der Waals surface area contributed by atoms with Crippen molar-refractivity contribution in [3.05, 3.63) is 23.8 Å². The van der Waals surface area contributed by atoms with Gasteiger partial charge in [-0.3, -0.25) is 4.79 Å². The van der Waals surface area contributed by atoms with E-state index in [1.165, 1.54) is 0 Å². The molecular formula is C12H15F2N3O3S. The first-order chi connectivity index (χ1) is 9.76. The minimum atomic E-state index is -4.32. The Morgan fingerprint density at radius 2 is 1.95 bits per heavy atom. The summed E-state index contributed by atoms with van der Waals surface area (Å²) in [7, 11) is -4.32. The number of rotatable bonds is 3. The maximum atomic E-state index is 14.0. The zero-order valence-corrected chi connectivity index (χ0v) is 11.9. The van der Waals surface area contributed by atoms with Crippen LogP contribution in [0.2, 0.25) is 0 Å². The standard InChI is InChI=1S/C12H15F2N3O3S/c13-7-4-5-9(10(14)11(7)15)21(19,20)17-6-2-1-3-8(17)12(16)18/h4-5,8H,1-3,6,15H2,(H2,16,18). The van der Waals surface area contributed by atoms with Crippen LogP contribution in [-0.4, -0.2) is 31.2 Å². The summed E-state index contributed by atoms with van der Waals surface area (Å²) in [5.74, 6) is -3.20. The molecule has 1 atom stereocenters. The minimum absolute atomic E-state index is 0.0483. The molecule has 1 unspecified atom stereocenters. The summed E-state index contributed by atoms with van der Waals surface area (Å²) in [4.78, 5) is 10.6. The molecule has 1 fully saturated rings. The van der Waals surface area contributed by atoms with E-state index in [2.05, 4.69) is 0 Å². The number of carbonyl (C=O) groups excluding carboxylic acids is 1. The van der Waals surface area contributed by atoms with Crippen LogP contribution < -0.4 is 11.5 Å². The molecule has 0 saturated carbocycles. The van der Waals surface area contributed by atoms with E-state index in [1.807, 2.05) is 0 Å². The molecule has 21 heavy (non-hydrogen) atoms. The third-order valence-corrected chi connectivity index (χ3v) is 5.39. The maximum Gasteiger partial charge on any atom is 0.246 e. The monoisotopic (exact) mass is 319 g/mol. The van der Waals surface area contributed by atoms with Crippen LogP contribution in [0.3, 0.4) is 0 Å². The predicted octanol–water partition coefficient (Wildman–Crippen LogP) is 0.575. The lowest BCUT2D eigenvalue weighted by Crippen LogP contribution is -2.50. The van der Waals surface area contributed by atoms with E-state index >= 15 is 0 Å². The molecule has 1 aliphatic rings. The van der Waals surface area contributed by atoms with Crippen LogP contribution in [0.25, 0.3) is 0 Å². The fraction of sp³-hybridized carbons (Fsp3) is 0.417. The molecule has 1 aromatic carbocycles. The summed E-state index contributed by atoms with van der Waals surface area (Å²) in [5, 5.41) is 0. The third-order valence-electron chi connectivity index (χ3n) is 3.46. The van der Waals surface area contributed by atoms with Gasteiger partial charge in [0.15, 0.2) is 5.82 Å². The highest BCUT2D eigenvalue weighted by Gasteiger charge is 2.38. The first-order valence-electron chi connectivity index (χ1n) is 6.31. The number of primary amides is 1. The van der Waals surface area contributed by atoms with Crippen LogP contribution in [0, 0.1) is 11.6 Å². The van der Waals surface area contributed by atoms with Crippen LogP contribution in [0.5, 0.6) is 0 Å². The Hall–Kier alpha value is -1.74. The molecule has 0 bridgehead atoms. The minimum Gasteiger partial charge on any atom is -0.394 e. The van der Waals surface area contributed by atoms with Crippen LogP contribution in [0.15, 0.2) is 17.0 Å². The highest BCUT2D eigenvalue weighted by molar-refractivity contribution is 7.89. The number of nitrogen functional groups attached to an aromatic ring is 1. The number of amides is 1. The van der Waals surface area contributed by atoms with Crippen molar-refractivity contribution in [2.24, 2.45) is 5.73 Å². The lowest BCUT2D eigenvalue weighted by Gasteiger charge is -2.32. The van der Waals surface area contributed by atoms with E-state index in [1.54, 1.807) is 0 Å². The van der Waals surface area contributed by atoms with E-state index in [-0.39, 0.29) is 13.0 Å². The van der Waals surface area contributed by atoms with Gasteiger partial charge in [-0.05, 0) is 25.0 Å². The van der Waals surface area contributed by atoms with Gasteiger partial charge in [-0.2, -0.15) is 4.31 Å². The molecule has 1 aliphatic heterocycles. The van der Waals surface area contributed by atoms with Gasteiger partial charge in [0, 0.05) is 6.54 Å². The number of anilines is 1. The number of piperidine rings is 1. The second kappa shape index (κ2) is 5.57. The lowest BCUT2D eigenvalue weighted by molar-refractivity contribution is -0.122. The van der Waals surface area contributed by atoms with Gasteiger partial charge >= 0.3 is 0 Å². The summed E-state index contributed by atoms with van der Waals surface area (Å²) in [6.45, 7) is 0.0483. The topological polar surface area (TPSA) is 106 Å². The zero-order chi connectivity index (χ0) is 15.8. The number of halogens is 2. The molecule has 6 nitrogen and oxygen atoms in total. The Bertz CT molecular complexity index is 679. The van der Waals surface area contributed by atoms with E-state index in [0.717, 1.165) is 16.4 Å². The Morgan fingerprint density at radius 3 is 2.57 bits per heavy atom. The van der Waals surface area contributed by atoms with Gasteiger partial charge in [-0.1, -0.05) is 6.42 Å². The van der Waals surface area contributed by atoms with E-state index in [9.17, 15) is 22.0 Å². The SMILES string of the molecule is NC(=O)C1CCCCN1S(=O)(=O)c1ccc(F)c(N)c1F. The number of nitrogens with two attached hydrogens (primary N) is 2. The lowest BCUT2D eigenvalue weighted by atomic mass is 10.0. The quantitative estimate of drug-likeness (QED) is 0.794. The molecule has 4 N–H and O–H groups in total. The van der Waals surface area contributed by atoms with Crippen molar-refractivity contribution in [2.75, 3.05) is 12.3 Å². The fourth-order valence-electron chi connectivity index (χ4n) is 2.35. The summed E-state index contributed by atoms with van der Waals surface area (Å²) >= 11 is 0. The molecule has 0 radical (unpaired) electrons. The Morgan fingerprint density at radius 1 is 1.29 bits per heavy atom. The second-order valence-electron chi connectivity index (χ2n) is 4.80. The highest BCUT2D eigenvalue weighted by Crippen LogP contribution is 2.29. The molecule has 1 heterocycles. The molecule has 2 rings (SSSR count). The van der Waals surface area contributed by atoms with Gasteiger partial charge in [-0.25, -0.2) is 17.2 Å². The summed E-state index contributed by atoms with van der Waals surface area (Å²) < 4.78 is 52.9. The number of sulfonamides is 1. The van der Waals surface area contributed by atoms with Crippen LogP contribution in [0.1, 0.15) is 19.3 Å². The first kappa shape index (κ1) is 15.6. The molecule has 1 amide bonds. The molecule has 1 aromatic rings. The van der Waals surface area contributed by atoms with Crippen molar-refractivity contribution in [1.82, 2.24) is 4.31 Å². The normalized spacial score (nSPS) is 20.4. The number of benzene rings is 1. The Kier molecular flexibility index (Phi) is 4.15. The number of hydrogen-bond donors (Lipinski definition) is 2. The van der Waals surface area contributed by atoms with Crippen molar-refractivity contribution in [2.45, 2.75) is 30.2 Å². The van der Waals surface area contributed by atoms with Gasteiger partial charge < -0.3 is 11.5 Å². The Labute approximate surface area is 120 Å². The van der Waals surface area contributed by atoms with Crippen molar-refractivity contribution < 1.29 is 22.0 Å². The largest absolute Gasteiger partial charge is 0.394 e. The van der Waals surface area contributed by atoms with Crippen LogP contribution >= 0.6 is 0 Å². The van der Waals surface area contributed by atoms with E-state index in [0.29, 0.717) is 12.8 Å². The van der Waals surface area contributed by atoms with Crippen molar-refractivity contribution in [3.63, 3.8) is 0 Å². The average molecular weight is 319 g/mol. The average Bonchev–Trinajstić information content (AvgIpc) is 2.44. The van der Waals surface area contributed by atoms with Gasteiger partial charge in [0.1, 0.15) is 22.4 Å². The van der Waals surface area contributed by atoms with Crippen molar-refractivity contribution in [1.29, 1.82) is 0 Å². The first-order valence-corrected chi connectivity index (χ1v) is 7.75. The molecule has 0 aromatic heterocycles. The van der Waals surface area contributed by atoms with Gasteiger partial charge in [0.25, 0.3) is 0 Å². The van der Waals surface area contributed by atoms with Gasteiger partial charge in [0.2, 0.25) is 15.9 Å². The number of nitrogens with zero attached hydrogens (tertiary/aromatic N) is 1. The van der Waals surface area contributed by atoms with Crippen molar-refractivity contribution in [3.8, 4) is 0 Å². The maximum absolute atomic E-state index is 14.0. The summed E-state index contributed by atoms with van der Waals surface area (Å²) in [5.41, 5.74) is 9.51. The second-order valence-corrected chi connectivity index (χ2v) is 6.66. The summed E-state index contributed by atoms with van der Waals surface area (Å²) in [6.07, 6.45) is 1.45. The fourth-order valence-corrected chi connectivity index (χ4v) is 4.09. The molecule has 116 valence electrons. The smallest absolute Gasteiger partial charge is 0.246 e. The molecule has 0 spiro atoms. The van der Waals surface area contributed by atoms with Gasteiger partial charge in [0.05, 0.1) is 0 Å². The number of carbonyl (C=O) groups is 1. The molecular weight excluding hydrogens is 304 g/mol. The molecule has 9 heteroatoms. The van der Waals surface area contributed by atoms with E-state index < -0.39 is 44.2 Å². The van der Waals surface area contributed by atoms with E-state index in [4.69, 9.17) is 11.5 Å². The van der Waals surface area contributed by atoms with Crippen LogP contribution in [-0.2, 0) is 14.8 Å². The molecule has 0 aliphatic carbocycles. The zero-order valence-electron chi connectivity index (χ0n) is 11.1. The molecule has 1 saturated heterocycles. The third kappa shape index (κ3) is 2.70. The Balaban J connectivity index is 2.51. The van der Waals surface area contributed by atoms with Crippen LogP contribution in [0.4, 0.5) is 14.5 Å². The predicted molar refractivity (Wildman–Crippen MR) is 71.5 cm³/mol. The number of hydrogen-bond acceptors (Lipinski definition) is 4. The van der Waals surface area contributed by atoms with Crippen molar-refractivity contribution >= 4 is 21.6 Å². The summed E-state index contributed by atoms with van der Waals surface area (Å²) in [6, 6.07) is 0.534.